The zero-order valence-electron chi connectivity index (χ0n) is 10.8. The fraction of sp³-hybridized carbons (Fsp3) is 0.182. The van der Waals surface area contributed by atoms with Crippen molar-refractivity contribution in [1.82, 2.24) is 9.97 Å². The van der Waals surface area contributed by atoms with Crippen LogP contribution in [0, 0.1) is 0 Å². The smallest absolute Gasteiger partial charge is 0.285 e. The highest BCUT2D eigenvalue weighted by atomic mass is 32.3. The molecule has 0 radical (unpaired) electrons. The standard InChI is InChI=1S/C9H10N2O6S2.C2H4/c12-18(13,14)9(19(15,16)17)5-8-10-6-3-1-2-4-7(6)11-8;1-2/h1-4,9H,5H2,(H,10,11)(H,12,13,14)(H,15,16,17);1-2H2. The van der Waals surface area contributed by atoms with E-state index in [1.165, 1.54) is 0 Å². The zero-order valence-corrected chi connectivity index (χ0v) is 12.4. The normalized spacial score (nSPS) is 12.1. The van der Waals surface area contributed by atoms with Crippen molar-refractivity contribution in [2.24, 2.45) is 0 Å². The van der Waals surface area contributed by atoms with Gasteiger partial charge in [-0.25, -0.2) is 4.98 Å². The van der Waals surface area contributed by atoms with Crippen LogP contribution in [0.25, 0.3) is 11.0 Å². The minimum absolute atomic E-state index is 0.0291. The Morgan fingerprint density at radius 1 is 1.10 bits per heavy atom. The van der Waals surface area contributed by atoms with Gasteiger partial charge in [0.05, 0.1) is 11.0 Å². The second kappa shape index (κ2) is 6.35. The Bertz CT molecular complexity index is 760. The molecule has 1 aromatic heterocycles. The number of aromatic nitrogens is 2. The van der Waals surface area contributed by atoms with Gasteiger partial charge in [0.1, 0.15) is 5.82 Å². The van der Waals surface area contributed by atoms with Crippen molar-refractivity contribution in [1.29, 1.82) is 0 Å². The maximum absolute atomic E-state index is 11.0. The van der Waals surface area contributed by atoms with Crippen LogP contribution in [0.4, 0.5) is 0 Å². The SMILES string of the molecule is C=C.O=S(=O)(O)C(Cc1nc2ccccc2[nH]1)S(=O)(=O)O. The van der Waals surface area contributed by atoms with Crippen molar-refractivity contribution in [3.63, 3.8) is 0 Å². The first-order valence-electron chi connectivity index (χ1n) is 5.54. The fourth-order valence-electron chi connectivity index (χ4n) is 1.62. The van der Waals surface area contributed by atoms with Gasteiger partial charge in [0.15, 0.2) is 0 Å². The molecule has 0 fully saturated rings. The molecule has 10 heteroatoms. The number of H-pyrrole nitrogens is 1. The Hall–Kier alpha value is -1.75. The van der Waals surface area contributed by atoms with E-state index in [0.29, 0.717) is 11.0 Å². The summed E-state index contributed by atoms with van der Waals surface area (Å²) in [5.74, 6) is 0.0291. The van der Waals surface area contributed by atoms with Crippen LogP contribution in [0.15, 0.2) is 37.4 Å². The lowest BCUT2D eigenvalue weighted by atomic mass is 10.3. The summed E-state index contributed by atoms with van der Waals surface area (Å²) in [7, 11) is -9.91. The van der Waals surface area contributed by atoms with E-state index in [4.69, 9.17) is 9.11 Å². The number of nitrogens with one attached hydrogen (secondary N) is 1. The largest absolute Gasteiger partial charge is 0.342 e. The topological polar surface area (TPSA) is 137 Å². The van der Waals surface area contributed by atoms with Gasteiger partial charge in [0.25, 0.3) is 20.2 Å². The van der Waals surface area contributed by atoms with Gasteiger partial charge >= 0.3 is 0 Å². The number of fused-ring (bicyclic) bond motifs is 1. The first kappa shape index (κ1) is 17.3. The second-order valence-corrected chi connectivity index (χ2v) is 7.36. The van der Waals surface area contributed by atoms with Crippen molar-refractivity contribution >= 4 is 31.3 Å². The third-order valence-corrected chi connectivity index (χ3v) is 5.58. The number of benzene rings is 1. The highest BCUT2D eigenvalue weighted by Gasteiger charge is 2.36. The van der Waals surface area contributed by atoms with Crippen LogP contribution < -0.4 is 0 Å². The molecular weight excluding hydrogens is 320 g/mol. The van der Waals surface area contributed by atoms with Gasteiger partial charge in [0.2, 0.25) is 4.58 Å². The van der Waals surface area contributed by atoms with Crippen LogP contribution in [-0.4, -0.2) is 40.5 Å². The third-order valence-electron chi connectivity index (χ3n) is 2.46. The number of para-hydroxylation sites is 2. The molecule has 3 N–H and O–H groups in total. The average molecular weight is 334 g/mol. The molecule has 0 aliphatic heterocycles. The Labute approximate surface area is 122 Å². The van der Waals surface area contributed by atoms with E-state index in [0.717, 1.165) is 0 Å². The lowest BCUT2D eigenvalue weighted by Crippen LogP contribution is -2.32. The average Bonchev–Trinajstić information content (AvgIpc) is 2.78. The monoisotopic (exact) mass is 334 g/mol. The molecule has 0 aliphatic carbocycles. The molecule has 0 unspecified atom stereocenters. The molecule has 2 rings (SSSR count). The van der Waals surface area contributed by atoms with Crippen LogP contribution in [0.5, 0.6) is 0 Å². The molecule has 8 nitrogen and oxygen atoms in total. The molecule has 1 aromatic carbocycles. The van der Waals surface area contributed by atoms with Crippen molar-refractivity contribution in [2.45, 2.75) is 11.0 Å². The minimum atomic E-state index is -4.96. The molecule has 21 heavy (non-hydrogen) atoms. The maximum Gasteiger partial charge on any atom is 0.285 e. The Morgan fingerprint density at radius 3 is 2.10 bits per heavy atom. The number of aromatic amines is 1. The Morgan fingerprint density at radius 2 is 1.62 bits per heavy atom. The Kier molecular flexibility index (Phi) is 5.23. The summed E-state index contributed by atoms with van der Waals surface area (Å²) >= 11 is 0. The van der Waals surface area contributed by atoms with E-state index >= 15 is 0 Å². The van der Waals surface area contributed by atoms with Crippen molar-refractivity contribution in [3.8, 4) is 0 Å². The first-order chi connectivity index (χ1) is 9.68. The summed E-state index contributed by atoms with van der Waals surface area (Å²) in [5, 5.41) is 0. The van der Waals surface area contributed by atoms with Gasteiger partial charge in [-0.05, 0) is 12.1 Å². The van der Waals surface area contributed by atoms with E-state index < -0.39 is 31.2 Å². The van der Waals surface area contributed by atoms with Crippen LogP contribution in [-0.2, 0) is 26.7 Å². The van der Waals surface area contributed by atoms with Crippen LogP contribution in [0.2, 0.25) is 0 Å². The van der Waals surface area contributed by atoms with E-state index in [1.807, 2.05) is 0 Å². The van der Waals surface area contributed by atoms with Crippen LogP contribution in [0.1, 0.15) is 5.82 Å². The van der Waals surface area contributed by atoms with E-state index in [2.05, 4.69) is 23.1 Å². The maximum atomic E-state index is 11.0. The van der Waals surface area contributed by atoms with Gasteiger partial charge < -0.3 is 4.98 Å². The quantitative estimate of drug-likeness (QED) is 0.560. The highest BCUT2D eigenvalue weighted by Crippen LogP contribution is 2.16. The van der Waals surface area contributed by atoms with Crippen molar-refractivity contribution in [3.05, 3.63) is 43.2 Å². The van der Waals surface area contributed by atoms with Gasteiger partial charge in [0, 0.05) is 6.42 Å². The van der Waals surface area contributed by atoms with Crippen molar-refractivity contribution in [2.75, 3.05) is 0 Å². The summed E-state index contributed by atoms with van der Waals surface area (Å²) < 4.78 is 59.2. The molecule has 0 spiro atoms. The molecule has 116 valence electrons. The molecule has 0 aliphatic rings. The molecule has 0 atom stereocenters. The molecule has 0 saturated carbocycles. The van der Waals surface area contributed by atoms with Gasteiger partial charge in [-0.2, -0.15) is 16.8 Å². The lowest BCUT2D eigenvalue weighted by molar-refractivity contribution is 0.453. The van der Waals surface area contributed by atoms with E-state index in [-0.39, 0.29) is 5.82 Å². The van der Waals surface area contributed by atoms with Crippen LogP contribution >= 0.6 is 0 Å². The zero-order chi connectivity index (χ0) is 16.3. The fourth-order valence-corrected chi connectivity index (χ4v) is 3.59. The molecule has 0 saturated heterocycles. The predicted molar refractivity (Wildman–Crippen MR) is 77.9 cm³/mol. The number of hydrogen-bond donors (Lipinski definition) is 3. The van der Waals surface area contributed by atoms with Crippen molar-refractivity contribution < 1.29 is 25.9 Å². The van der Waals surface area contributed by atoms with Gasteiger partial charge in [-0.1, -0.05) is 12.1 Å². The second-order valence-electron chi connectivity index (χ2n) is 3.86. The summed E-state index contributed by atoms with van der Waals surface area (Å²) in [6.07, 6.45) is -0.674. The Balaban J connectivity index is 0.00000106. The number of nitrogens with zero attached hydrogens (tertiary/aromatic N) is 1. The lowest BCUT2D eigenvalue weighted by Gasteiger charge is -2.08. The van der Waals surface area contributed by atoms with Gasteiger partial charge in [-0.3, -0.25) is 9.11 Å². The first-order valence-corrected chi connectivity index (χ1v) is 8.55. The molecule has 2 aromatic rings. The summed E-state index contributed by atoms with van der Waals surface area (Å²) in [6.45, 7) is 6.00. The highest BCUT2D eigenvalue weighted by molar-refractivity contribution is 8.03. The summed E-state index contributed by atoms with van der Waals surface area (Å²) in [4.78, 5) is 6.68. The predicted octanol–water partition coefficient (Wildman–Crippen LogP) is 1.01. The summed E-state index contributed by atoms with van der Waals surface area (Å²) in [6, 6.07) is 6.73. The molecular formula is C11H14N2O6S2. The summed E-state index contributed by atoms with van der Waals surface area (Å²) in [5.41, 5.74) is 1.10. The number of imidazole rings is 1. The van der Waals surface area contributed by atoms with Gasteiger partial charge in [-0.15, -0.1) is 13.2 Å². The van der Waals surface area contributed by atoms with E-state index in [9.17, 15) is 16.8 Å². The minimum Gasteiger partial charge on any atom is -0.342 e. The number of hydrogen-bond acceptors (Lipinski definition) is 5. The third kappa shape index (κ3) is 4.36. The molecule has 1 heterocycles. The molecule has 0 amide bonds. The number of rotatable bonds is 4. The van der Waals surface area contributed by atoms with E-state index in [1.54, 1.807) is 24.3 Å². The molecule has 0 bridgehead atoms. The van der Waals surface area contributed by atoms with Crippen LogP contribution in [0.3, 0.4) is 0 Å².